The van der Waals surface area contributed by atoms with Crippen molar-refractivity contribution in [1.29, 1.82) is 0 Å². The molecule has 0 aromatic heterocycles. The normalized spacial score (nSPS) is 3.60. The minimum atomic E-state index is 0. The molecule has 8 heteroatoms. The second kappa shape index (κ2) is 67.9. The van der Waals surface area contributed by atoms with Crippen molar-refractivity contribution in [2.45, 2.75) is 0 Å². The molecule has 0 aliphatic heterocycles. The van der Waals surface area contributed by atoms with E-state index in [0.29, 0.717) is 4.38 Å². The molecule has 0 bridgehead atoms. The van der Waals surface area contributed by atoms with Gasteiger partial charge < -0.3 is 29.2 Å². The summed E-state index contributed by atoms with van der Waals surface area (Å²) in [4.78, 5) is 0. The first-order chi connectivity index (χ1) is 6.64. The predicted molar refractivity (Wildman–Crippen MR) is 48.6 cm³/mol. The fourth-order valence-corrected chi connectivity index (χ4v) is 0. The quantitative estimate of drug-likeness (QED) is 0.280. The Morgan fingerprint density at radius 3 is 1.00 bits per heavy atom. The Kier molecular flexibility index (Phi) is 165. The topological polar surface area (TPSA) is 82.3 Å². The molecule has 0 fully saturated rings. The van der Waals surface area contributed by atoms with Crippen molar-refractivity contribution in [3.8, 4) is 0 Å². The van der Waals surface area contributed by atoms with Gasteiger partial charge in [0.25, 0.3) is 0 Å². The number of hydrogen-bond donors (Lipinski definition) is 0. The number of rotatable bonds is 0. The summed E-state index contributed by atoms with van der Waals surface area (Å²) in [6, 6.07) is 0. The van der Waals surface area contributed by atoms with Crippen LogP contribution in [0.2, 0.25) is 0 Å². The van der Waals surface area contributed by atoms with Gasteiger partial charge in [0, 0.05) is 20.1 Å². The summed E-state index contributed by atoms with van der Waals surface area (Å²) in [7, 11) is 3.49. The average molecular weight is 332 g/mol. The maximum absolute atomic E-state index is 7.50. The average Bonchev–Trinajstić information content (AvgIpc) is 2.29. The molecule has 5 nitrogen and oxygen atoms in total. The van der Waals surface area contributed by atoms with Crippen LogP contribution in [-0.2, 0) is 55.7 Å². The summed E-state index contributed by atoms with van der Waals surface area (Å²) in [5.41, 5.74) is 0. The van der Waals surface area contributed by atoms with Crippen LogP contribution in [0.3, 0.4) is 0 Å². The van der Waals surface area contributed by atoms with E-state index in [1.165, 1.54) is 0 Å². The van der Waals surface area contributed by atoms with E-state index in [4.69, 9.17) is 18.6 Å². The minimum Gasteiger partial charge on any atom is 0 e. The zero-order valence-electron chi connectivity index (χ0n) is 7.74. The van der Waals surface area contributed by atoms with Gasteiger partial charge in [-0.25, -0.2) is 0 Å². The van der Waals surface area contributed by atoms with E-state index in [1.807, 2.05) is 0 Å². The Morgan fingerprint density at radius 1 is 0.933 bits per heavy atom. The summed E-state index contributed by atoms with van der Waals surface area (Å²) in [5, 5.41) is 0. The molecule has 0 saturated heterocycles. The van der Waals surface area contributed by atoms with E-state index < -0.39 is 0 Å². The Labute approximate surface area is 113 Å². The van der Waals surface area contributed by atoms with E-state index >= 15 is 0 Å². The molecule has 1 radical (unpaired) electrons. The molecule has 0 heterocycles. The first-order valence-corrected chi connectivity index (χ1v) is 3.06. The van der Waals surface area contributed by atoms with Crippen molar-refractivity contribution < 1.29 is 43.1 Å². The van der Waals surface area contributed by atoms with Gasteiger partial charge in [0.2, 0.25) is 0 Å². The zero-order chi connectivity index (χ0) is 13.2. The molecule has 83 valence electrons. The standard InChI is InChI=1S/C3H6OS2.4CO.Tc/c1-4(2)3(5)6;4*1-2;/h1-2H3;;;;;. The van der Waals surface area contributed by atoms with Gasteiger partial charge in [-0.3, -0.25) is 0 Å². The molecule has 0 aliphatic carbocycles. The van der Waals surface area contributed by atoms with Crippen LogP contribution in [0, 0.1) is 26.6 Å². The summed E-state index contributed by atoms with van der Waals surface area (Å²) in [6.07, 6.45) is 0. The van der Waals surface area contributed by atoms with E-state index in [-0.39, 0.29) is 20.1 Å². The smallest absolute Gasteiger partial charge is 0 e. The molecule has 0 spiro atoms. The van der Waals surface area contributed by atoms with E-state index in [0.717, 1.165) is 0 Å². The molecule has 0 saturated carbocycles. The summed E-state index contributed by atoms with van der Waals surface area (Å²) >= 11 is 9.05. The monoisotopic (exact) mass is 331 g/mol. The molecule has 15 heavy (non-hydrogen) atoms. The second-order valence-corrected chi connectivity index (χ2v) is 2.07. The fourth-order valence-electron chi connectivity index (χ4n) is 0. The first-order valence-electron chi connectivity index (χ1n) is 2.25. The molecule has 0 aliphatic rings. The van der Waals surface area contributed by atoms with Crippen molar-refractivity contribution in [1.82, 2.24) is 0 Å². The van der Waals surface area contributed by atoms with Crippen LogP contribution in [-0.4, -0.2) is 18.6 Å². The fraction of sp³-hybridized carbons (Fsp3) is 0.286. The molecule has 0 rings (SSSR count). The summed E-state index contributed by atoms with van der Waals surface area (Å²) in [6.45, 7) is 18.0. The number of hydrogen-bond acceptors (Lipinski definition) is 2. The van der Waals surface area contributed by atoms with Gasteiger partial charge in [-0.1, -0.05) is 0 Å². The maximum Gasteiger partial charge on any atom is 0 e. The van der Waals surface area contributed by atoms with Gasteiger partial charge in [0.05, 0.1) is 0 Å². The minimum absolute atomic E-state index is 0. The van der Waals surface area contributed by atoms with Gasteiger partial charge in [-0.2, -0.15) is 0 Å². The molecule has 0 aromatic carbocycles. The van der Waals surface area contributed by atoms with Crippen LogP contribution in [0.1, 0.15) is 0 Å². The molecular formula is C7H6O5S2Tc. The summed E-state index contributed by atoms with van der Waals surface area (Å²) < 4.78 is 32.8. The Bertz CT molecular complexity index is 161. The molecule has 0 unspecified atom stereocenters. The van der Waals surface area contributed by atoms with Crippen molar-refractivity contribution >= 4 is 29.2 Å². The van der Waals surface area contributed by atoms with Gasteiger partial charge >= 0.3 is 45.2 Å². The third kappa shape index (κ3) is 136. The first kappa shape index (κ1) is 36.4. The van der Waals surface area contributed by atoms with Crippen molar-refractivity contribution in [3.05, 3.63) is 26.6 Å². The van der Waals surface area contributed by atoms with Crippen LogP contribution in [0.15, 0.2) is 0 Å². The van der Waals surface area contributed by atoms with Crippen LogP contribution in [0.25, 0.3) is 0 Å². The molecule has 0 atom stereocenters. The van der Waals surface area contributed by atoms with Crippen molar-refractivity contribution in [2.24, 2.45) is 0 Å². The largest absolute Gasteiger partial charge is 0 e. The number of thiocarbonyl (C=S) groups is 1. The molecular weight excluding hydrogens is 326 g/mol. The predicted octanol–water partition coefficient (Wildman–Crippen LogP) is 0.478. The van der Waals surface area contributed by atoms with Gasteiger partial charge in [0.1, 0.15) is 0 Å². The zero-order valence-corrected chi connectivity index (χ0v) is 11.2. The molecule has 0 amide bonds. The Hall–Kier alpha value is -0.281. The van der Waals surface area contributed by atoms with Crippen LogP contribution < -0.4 is 0 Å². The van der Waals surface area contributed by atoms with Crippen LogP contribution >= 0.6 is 12.2 Å². The third-order valence-corrected chi connectivity index (χ3v) is 1.00. The van der Waals surface area contributed by atoms with E-state index in [1.54, 1.807) is 14.2 Å². The SMILES string of the molecule is C[O+](C)C(=S)[S-].[C-]#[O+].[C-]#[O+].[C-]#[O+].[C-]#[O+].[Tc]. The van der Waals surface area contributed by atoms with Crippen LogP contribution in [0.5, 0.6) is 0 Å². The Balaban J connectivity index is -0.0000000194. The van der Waals surface area contributed by atoms with Crippen molar-refractivity contribution in [2.75, 3.05) is 14.2 Å². The molecule has 0 aromatic rings. The Morgan fingerprint density at radius 2 is 1.00 bits per heavy atom. The van der Waals surface area contributed by atoms with Crippen molar-refractivity contribution in [3.63, 3.8) is 0 Å². The van der Waals surface area contributed by atoms with Gasteiger partial charge in [-0.05, 0) is 0 Å². The van der Waals surface area contributed by atoms with Gasteiger partial charge in [-0.15, -0.1) is 0 Å². The summed E-state index contributed by atoms with van der Waals surface area (Å²) in [5.74, 6) is 0. The van der Waals surface area contributed by atoms with Gasteiger partial charge in [0.15, 0.2) is 18.6 Å². The molecule has 0 N–H and O–H groups in total. The maximum atomic E-state index is 7.50. The van der Waals surface area contributed by atoms with E-state index in [2.05, 4.69) is 55.8 Å². The van der Waals surface area contributed by atoms with Crippen LogP contribution in [0.4, 0.5) is 0 Å². The second-order valence-electron chi connectivity index (χ2n) is 1.07. The van der Waals surface area contributed by atoms with E-state index in [9.17, 15) is 0 Å². The third-order valence-electron chi connectivity index (χ3n) is 0.333.